The van der Waals surface area contributed by atoms with E-state index < -0.39 is 0 Å². The summed E-state index contributed by atoms with van der Waals surface area (Å²) >= 11 is 6.49. The molecule has 1 aromatic heterocycles. The van der Waals surface area contributed by atoms with E-state index in [1.54, 1.807) is 14.2 Å². The van der Waals surface area contributed by atoms with Gasteiger partial charge in [0.1, 0.15) is 11.5 Å². The normalized spacial score (nSPS) is 15.1. The van der Waals surface area contributed by atoms with Crippen LogP contribution >= 0.6 is 11.6 Å². The second-order valence-electron chi connectivity index (χ2n) is 9.94. The van der Waals surface area contributed by atoms with E-state index in [2.05, 4.69) is 22.3 Å². The maximum absolute atomic E-state index is 6.49. The molecule has 0 spiro atoms. The minimum atomic E-state index is -0.297. The summed E-state index contributed by atoms with van der Waals surface area (Å²) in [6, 6.07) is 31.5. The predicted molar refractivity (Wildman–Crippen MR) is 168 cm³/mol. The van der Waals surface area contributed by atoms with Crippen LogP contribution in [0.25, 0.3) is 5.69 Å². The number of aromatic nitrogens is 2. The van der Waals surface area contributed by atoms with Crippen LogP contribution in [0.1, 0.15) is 22.9 Å². The number of nitrogens with one attached hydrogen (secondary N) is 1. The Morgan fingerprint density at radius 1 is 0.810 bits per heavy atom. The number of anilines is 2. The Hall–Kier alpha value is -5.08. The van der Waals surface area contributed by atoms with Crippen LogP contribution < -0.4 is 19.7 Å². The maximum atomic E-state index is 6.49. The van der Waals surface area contributed by atoms with E-state index in [1.807, 2.05) is 96.5 Å². The van der Waals surface area contributed by atoms with Gasteiger partial charge in [-0.15, -0.1) is 0 Å². The van der Waals surface area contributed by atoms with Gasteiger partial charge < -0.3 is 19.7 Å². The lowest BCUT2D eigenvalue weighted by atomic mass is 9.92. The quantitative estimate of drug-likeness (QED) is 0.233. The minimum Gasteiger partial charge on any atom is -0.496 e. The standard InChI is InChI=1S/C33H27ClN6O2/c1-20-29-30(23-13-7-10-16-27(23)41-2)39-26-15-9-8-14-25(26)36-31(35-21-17-18-28(42-3)24(34)19-21)33(39)37-32(29)40(38-20)22-11-5-4-6-12-22/h4-19,30H,1-3H3,(H,35,36). The van der Waals surface area contributed by atoms with E-state index in [9.17, 15) is 0 Å². The molecule has 3 heterocycles. The summed E-state index contributed by atoms with van der Waals surface area (Å²) in [6.07, 6.45) is 0. The molecule has 0 fully saturated rings. The average molecular weight is 575 g/mol. The highest BCUT2D eigenvalue weighted by Gasteiger charge is 2.42. The largest absolute Gasteiger partial charge is 0.496 e. The molecular weight excluding hydrogens is 548 g/mol. The Labute approximate surface area is 248 Å². The van der Waals surface area contributed by atoms with Gasteiger partial charge >= 0.3 is 0 Å². The van der Waals surface area contributed by atoms with Crippen molar-refractivity contribution in [1.82, 2.24) is 9.78 Å². The second-order valence-corrected chi connectivity index (χ2v) is 10.4. The summed E-state index contributed by atoms with van der Waals surface area (Å²) in [5.74, 6) is 3.35. The second kappa shape index (κ2) is 10.4. The molecular formula is C33H27ClN6O2. The first-order chi connectivity index (χ1) is 20.6. The predicted octanol–water partition coefficient (Wildman–Crippen LogP) is 7.65. The smallest absolute Gasteiger partial charge is 0.179 e. The Kier molecular flexibility index (Phi) is 6.40. The summed E-state index contributed by atoms with van der Waals surface area (Å²) in [4.78, 5) is 12.5. The van der Waals surface area contributed by atoms with Gasteiger partial charge in [0.2, 0.25) is 0 Å². The third-order valence-electron chi connectivity index (χ3n) is 7.49. The molecule has 1 N–H and O–H groups in total. The number of benzene rings is 4. The molecule has 1 unspecified atom stereocenters. The molecule has 2 aliphatic rings. The number of hydrogen-bond donors (Lipinski definition) is 1. The van der Waals surface area contributed by atoms with Crippen molar-refractivity contribution in [3.05, 3.63) is 119 Å². The van der Waals surface area contributed by atoms with Crippen LogP contribution in [-0.2, 0) is 0 Å². The van der Waals surface area contributed by atoms with Crippen molar-refractivity contribution in [2.75, 3.05) is 24.4 Å². The van der Waals surface area contributed by atoms with Crippen molar-refractivity contribution in [2.24, 2.45) is 9.98 Å². The summed E-state index contributed by atoms with van der Waals surface area (Å²) in [5.41, 5.74) is 6.29. The van der Waals surface area contributed by atoms with Crippen LogP contribution in [0, 0.1) is 6.92 Å². The molecule has 0 radical (unpaired) electrons. The minimum absolute atomic E-state index is 0.297. The van der Waals surface area contributed by atoms with E-state index >= 15 is 0 Å². The third kappa shape index (κ3) is 4.19. The van der Waals surface area contributed by atoms with E-state index in [0.29, 0.717) is 22.4 Å². The molecule has 0 bridgehead atoms. The van der Waals surface area contributed by atoms with Crippen molar-refractivity contribution in [1.29, 1.82) is 0 Å². The Bertz CT molecular complexity index is 1880. The number of aliphatic imine (C=N–C) groups is 2. The van der Waals surface area contributed by atoms with Gasteiger partial charge in [-0.05, 0) is 55.5 Å². The van der Waals surface area contributed by atoms with Crippen molar-refractivity contribution in [3.8, 4) is 17.2 Å². The third-order valence-corrected chi connectivity index (χ3v) is 7.78. The number of halogens is 1. The first-order valence-corrected chi connectivity index (χ1v) is 13.9. The molecule has 4 aromatic carbocycles. The molecule has 5 aromatic rings. The van der Waals surface area contributed by atoms with Gasteiger partial charge in [-0.2, -0.15) is 5.10 Å². The number of ether oxygens (including phenoxy) is 2. The monoisotopic (exact) mass is 574 g/mol. The number of fused-ring (bicyclic) bond motifs is 4. The summed E-state index contributed by atoms with van der Waals surface area (Å²) in [6.45, 7) is 2.03. The van der Waals surface area contributed by atoms with Crippen molar-refractivity contribution < 1.29 is 9.47 Å². The molecule has 0 saturated heterocycles. The topological polar surface area (TPSA) is 76.3 Å². The zero-order valence-corrected chi connectivity index (χ0v) is 24.0. The van der Waals surface area contributed by atoms with E-state index in [4.69, 9.17) is 36.2 Å². The lowest BCUT2D eigenvalue weighted by molar-refractivity contribution is 0.407. The Morgan fingerprint density at radius 2 is 1.55 bits per heavy atom. The molecule has 8 nitrogen and oxygen atoms in total. The lowest BCUT2D eigenvalue weighted by Crippen LogP contribution is -2.46. The van der Waals surface area contributed by atoms with Crippen LogP contribution in [-0.4, -0.2) is 35.7 Å². The fourth-order valence-electron chi connectivity index (χ4n) is 5.61. The van der Waals surface area contributed by atoms with Crippen LogP contribution in [0.3, 0.4) is 0 Å². The first-order valence-electron chi connectivity index (χ1n) is 13.5. The zero-order chi connectivity index (χ0) is 28.8. The SMILES string of the molecule is COc1ccc(NC2=Nc3ccccc3N3C2=Nc2c(c(C)nn2-c2ccccc2)C3c2ccccc2OC)cc1Cl. The van der Waals surface area contributed by atoms with E-state index in [1.165, 1.54) is 0 Å². The lowest BCUT2D eigenvalue weighted by Gasteiger charge is -2.41. The summed E-state index contributed by atoms with van der Waals surface area (Å²) < 4.78 is 13.2. The molecule has 7 rings (SSSR count). The van der Waals surface area contributed by atoms with Gasteiger partial charge in [-0.1, -0.05) is 60.1 Å². The van der Waals surface area contributed by atoms with Crippen molar-refractivity contribution >= 4 is 46.2 Å². The number of amidine groups is 2. The number of aryl methyl sites for hydroxylation is 1. The van der Waals surface area contributed by atoms with Crippen LogP contribution in [0.4, 0.5) is 22.9 Å². The van der Waals surface area contributed by atoms with Gasteiger partial charge in [0.05, 0.1) is 48.0 Å². The molecule has 2 aliphatic heterocycles. The molecule has 42 heavy (non-hydrogen) atoms. The van der Waals surface area contributed by atoms with Crippen LogP contribution in [0.2, 0.25) is 5.02 Å². The van der Waals surface area contributed by atoms with Gasteiger partial charge in [0, 0.05) is 16.8 Å². The Morgan fingerprint density at radius 3 is 2.33 bits per heavy atom. The Balaban J connectivity index is 1.49. The molecule has 1 atom stereocenters. The summed E-state index contributed by atoms with van der Waals surface area (Å²) in [7, 11) is 3.29. The molecule has 208 valence electrons. The van der Waals surface area contributed by atoms with Gasteiger partial charge in [-0.25, -0.2) is 14.7 Å². The molecule has 9 heteroatoms. The van der Waals surface area contributed by atoms with Gasteiger partial charge in [0.15, 0.2) is 17.5 Å². The molecule has 0 saturated carbocycles. The highest BCUT2D eigenvalue weighted by Crippen LogP contribution is 2.49. The number of nitrogens with zero attached hydrogens (tertiary/aromatic N) is 5. The number of rotatable bonds is 5. The molecule has 0 amide bonds. The zero-order valence-electron chi connectivity index (χ0n) is 23.2. The van der Waals surface area contributed by atoms with E-state index in [0.717, 1.165) is 51.1 Å². The highest BCUT2D eigenvalue weighted by molar-refractivity contribution is 6.51. The fraction of sp³-hybridized carbons (Fsp3) is 0.121. The van der Waals surface area contributed by atoms with Gasteiger partial charge in [-0.3, -0.25) is 0 Å². The van der Waals surface area contributed by atoms with Crippen LogP contribution in [0.15, 0.2) is 107 Å². The maximum Gasteiger partial charge on any atom is 0.179 e. The number of hydrogen-bond acceptors (Lipinski definition) is 7. The van der Waals surface area contributed by atoms with E-state index in [-0.39, 0.29) is 6.04 Å². The molecule has 0 aliphatic carbocycles. The first kappa shape index (κ1) is 25.9. The number of para-hydroxylation sites is 4. The highest BCUT2D eigenvalue weighted by atomic mass is 35.5. The van der Waals surface area contributed by atoms with Crippen molar-refractivity contribution in [3.63, 3.8) is 0 Å². The van der Waals surface area contributed by atoms with Gasteiger partial charge in [0.25, 0.3) is 0 Å². The summed E-state index contributed by atoms with van der Waals surface area (Å²) in [5, 5.41) is 8.98. The fourth-order valence-corrected chi connectivity index (χ4v) is 5.87. The average Bonchev–Trinajstić information content (AvgIpc) is 3.36. The number of methoxy groups -OCH3 is 2. The van der Waals surface area contributed by atoms with Crippen LogP contribution in [0.5, 0.6) is 11.5 Å². The van der Waals surface area contributed by atoms with Crippen molar-refractivity contribution in [2.45, 2.75) is 13.0 Å².